The van der Waals surface area contributed by atoms with E-state index < -0.39 is 0 Å². The summed E-state index contributed by atoms with van der Waals surface area (Å²) in [7, 11) is 0. The molecule has 122 valence electrons. The number of hydrogen-bond acceptors (Lipinski definition) is 2. The fourth-order valence-corrected chi connectivity index (χ4v) is 2.73. The summed E-state index contributed by atoms with van der Waals surface area (Å²) in [6, 6.07) is 15.4. The Labute approximate surface area is 146 Å². The van der Waals surface area contributed by atoms with Crippen LogP contribution in [-0.2, 0) is 17.8 Å². The molecule has 0 saturated carbocycles. The molecule has 0 bridgehead atoms. The third kappa shape index (κ3) is 4.03. The number of hydrogen-bond donors (Lipinski definition) is 1. The summed E-state index contributed by atoms with van der Waals surface area (Å²) in [5.74, 6) is 0.921. The molecule has 0 aliphatic heterocycles. The lowest BCUT2D eigenvalue weighted by Crippen LogP contribution is -2.24. The van der Waals surface area contributed by atoms with Gasteiger partial charge in [0.1, 0.15) is 5.82 Å². The van der Waals surface area contributed by atoms with Crippen LogP contribution >= 0.6 is 11.6 Å². The van der Waals surface area contributed by atoms with Crippen LogP contribution in [0.3, 0.4) is 0 Å². The maximum absolute atomic E-state index is 12.0. The third-order valence-corrected chi connectivity index (χ3v) is 4.02. The van der Waals surface area contributed by atoms with E-state index in [1.54, 1.807) is 12.3 Å². The number of aromatic nitrogens is 2. The highest BCUT2D eigenvalue weighted by atomic mass is 35.5. The van der Waals surface area contributed by atoms with Gasteiger partial charge < -0.3 is 9.88 Å². The minimum absolute atomic E-state index is 0.0215. The molecule has 0 atom stereocenters. The molecule has 0 aliphatic rings. The van der Waals surface area contributed by atoms with Gasteiger partial charge in [0, 0.05) is 29.6 Å². The molecule has 0 aliphatic carbocycles. The van der Waals surface area contributed by atoms with Crippen LogP contribution in [0.5, 0.6) is 0 Å². The van der Waals surface area contributed by atoms with Crippen LogP contribution in [0.25, 0.3) is 5.69 Å². The third-order valence-electron chi connectivity index (χ3n) is 3.78. The number of amides is 1. The van der Waals surface area contributed by atoms with Gasteiger partial charge in [-0.1, -0.05) is 35.9 Å². The minimum atomic E-state index is -0.0215. The van der Waals surface area contributed by atoms with Crippen molar-refractivity contribution in [3.8, 4) is 5.69 Å². The molecule has 2 aromatic carbocycles. The van der Waals surface area contributed by atoms with Crippen molar-refractivity contribution in [2.45, 2.75) is 19.9 Å². The topological polar surface area (TPSA) is 46.9 Å². The van der Waals surface area contributed by atoms with Gasteiger partial charge in [0.25, 0.3) is 0 Å². The highest BCUT2D eigenvalue weighted by Crippen LogP contribution is 2.13. The van der Waals surface area contributed by atoms with Crippen molar-refractivity contribution in [2.24, 2.45) is 0 Å². The van der Waals surface area contributed by atoms with Gasteiger partial charge in [-0.25, -0.2) is 4.98 Å². The summed E-state index contributed by atoms with van der Waals surface area (Å²) < 4.78 is 2.02. The van der Waals surface area contributed by atoms with Gasteiger partial charge >= 0.3 is 0 Å². The standard InChI is InChI=1S/C19H18ClN3O/c1-14-21-9-10-23(14)18-7-5-15(6-8-18)13-22-19(24)12-16-3-2-4-17(20)11-16/h2-11H,12-13H2,1H3,(H,22,24). The van der Waals surface area contributed by atoms with Crippen molar-refractivity contribution < 1.29 is 4.79 Å². The predicted molar refractivity (Wildman–Crippen MR) is 95.3 cm³/mol. The van der Waals surface area contributed by atoms with Crippen molar-refractivity contribution in [2.75, 3.05) is 0 Å². The van der Waals surface area contributed by atoms with Gasteiger partial charge in [0.05, 0.1) is 6.42 Å². The van der Waals surface area contributed by atoms with Crippen molar-refractivity contribution >= 4 is 17.5 Å². The number of carbonyl (C=O) groups is 1. The van der Waals surface area contributed by atoms with Gasteiger partial charge in [-0.05, 0) is 42.3 Å². The number of carbonyl (C=O) groups excluding carboxylic acids is 1. The number of rotatable bonds is 5. The van der Waals surface area contributed by atoms with E-state index in [4.69, 9.17) is 11.6 Å². The van der Waals surface area contributed by atoms with Gasteiger partial charge in [0.15, 0.2) is 0 Å². The molecule has 5 heteroatoms. The fourth-order valence-electron chi connectivity index (χ4n) is 2.52. The number of halogens is 1. The Morgan fingerprint density at radius 2 is 1.96 bits per heavy atom. The van der Waals surface area contributed by atoms with Gasteiger partial charge in [-0.15, -0.1) is 0 Å². The van der Waals surface area contributed by atoms with E-state index in [-0.39, 0.29) is 5.91 Å². The summed E-state index contributed by atoms with van der Waals surface area (Å²) in [6.45, 7) is 2.46. The highest BCUT2D eigenvalue weighted by molar-refractivity contribution is 6.30. The van der Waals surface area contributed by atoms with E-state index in [2.05, 4.69) is 10.3 Å². The smallest absolute Gasteiger partial charge is 0.224 e. The molecule has 1 amide bonds. The SMILES string of the molecule is Cc1nccn1-c1ccc(CNC(=O)Cc2cccc(Cl)c2)cc1. The summed E-state index contributed by atoms with van der Waals surface area (Å²) in [5.41, 5.74) is 3.01. The molecule has 0 unspecified atom stereocenters. The number of imidazole rings is 1. The minimum Gasteiger partial charge on any atom is -0.352 e. The fraction of sp³-hybridized carbons (Fsp3) is 0.158. The molecular formula is C19H18ClN3O. The second kappa shape index (κ2) is 7.32. The molecule has 24 heavy (non-hydrogen) atoms. The summed E-state index contributed by atoms with van der Waals surface area (Å²) in [5, 5.41) is 3.58. The van der Waals surface area contributed by atoms with E-state index >= 15 is 0 Å². The van der Waals surface area contributed by atoms with E-state index in [9.17, 15) is 4.79 Å². The lowest BCUT2D eigenvalue weighted by Gasteiger charge is -2.08. The quantitative estimate of drug-likeness (QED) is 0.770. The molecule has 1 heterocycles. The van der Waals surface area contributed by atoms with Crippen molar-refractivity contribution in [1.29, 1.82) is 0 Å². The van der Waals surface area contributed by atoms with E-state index in [1.807, 2.05) is 60.2 Å². The van der Waals surface area contributed by atoms with E-state index in [0.717, 1.165) is 22.6 Å². The van der Waals surface area contributed by atoms with Gasteiger partial charge in [-0.2, -0.15) is 0 Å². The zero-order valence-electron chi connectivity index (χ0n) is 13.4. The van der Waals surface area contributed by atoms with Gasteiger partial charge in [-0.3, -0.25) is 4.79 Å². The molecule has 0 fully saturated rings. The Morgan fingerprint density at radius 1 is 1.17 bits per heavy atom. The van der Waals surface area contributed by atoms with Crippen molar-refractivity contribution in [3.63, 3.8) is 0 Å². The van der Waals surface area contributed by atoms with E-state index in [1.165, 1.54) is 0 Å². The van der Waals surface area contributed by atoms with Crippen LogP contribution in [-0.4, -0.2) is 15.5 Å². The highest BCUT2D eigenvalue weighted by Gasteiger charge is 2.05. The molecule has 4 nitrogen and oxygen atoms in total. The normalized spacial score (nSPS) is 10.6. The average molecular weight is 340 g/mol. The first kappa shape index (κ1) is 16.3. The van der Waals surface area contributed by atoms with E-state index in [0.29, 0.717) is 18.0 Å². The molecular weight excluding hydrogens is 322 g/mol. The second-order valence-corrected chi connectivity index (χ2v) is 6.03. The lowest BCUT2D eigenvalue weighted by molar-refractivity contribution is -0.120. The predicted octanol–water partition coefficient (Wildman–Crippen LogP) is 3.69. The average Bonchev–Trinajstić information content (AvgIpc) is 2.99. The van der Waals surface area contributed by atoms with Crippen LogP contribution in [0.1, 0.15) is 17.0 Å². The summed E-state index contributed by atoms with van der Waals surface area (Å²) >= 11 is 5.93. The first-order valence-electron chi connectivity index (χ1n) is 7.72. The summed E-state index contributed by atoms with van der Waals surface area (Å²) in [4.78, 5) is 16.2. The zero-order chi connectivity index (χ0) is 16.9. The maximum atomic E-state index is 12.0. The van der Waals surface area contributed by atoms with Crippen LogP contribution < -0.4 is 5.32 Å². The Bertz CT molecular complexity index is 840. The van der Waals surface area contributed by atoms with Crippen molar-refractivity contribution in [3.05, 3.63) is 82.9 Å². The molecule has 3 aromatic rings. The molecule has 1 aromatic heterocycles. The Kier molecular flexibility index (Phi) is 4.96. The number of nitrogens with one attached hydrogen (secondary N) is 1. The monoisotopic (exact) mass is 339 g/mol. The van der Waals surface area contributed by atoms with Crippen molar-refractivity contribution in [1.82, 2.24) is 14.9 Å². The molecule has 0 spiro atoms. The zero-order valence-corrected chi connectivity index (χ0v) is 14.1. The summed E-state index contributed by atoms with van der Waals surface area (Å²) in [6.07, 6.45) is 4.03. The van der Waals surface area contributed by atoms with Crippen LogP contribution in [0.15, 0.2) is 60.9 Å². The molecule has 0 radical (unpaired) electrons. The maximum Gasteiger partial charge on any atom is 0.224 e. The first-order chi connectivity index (χ1) is 11.6. The molecule has 0 saturated heterocycles. The Morgan fingerprint density at radius 3 is 2.62 bits per heavy atom. The van der Waals surface area contributed by atoms with Crippen LogP contribution in [0.2, 0.25) is 5.02 Å². The first-order valence-corrected chi connectivity index (χ1v) is 8.10. The number of benzene rings is 2. The van der Waals surface area contributed by atoms with Crippen LogP contribution in [0, 0.1) is 6.92 Å². The number of aryl methyl sites for hydroxylation is 1. The molecule has 3 rings (SSSR count). The second-order valence-electron chi connectivity index (χ2n) is 5.59. The van der Waals surface area contributed by atoms with Crippen LogP contribution in [0.4, 0.5) is 0 Å². The number of nitrogens with zero attached hydrogens (tertiary/aromatic N) is 2. The Balaban J connectivity index is 1.57. The lowest BCUT2D eigenvalue weighted by atomic mass is 10.1. The largest absolute Gasteiger partial charge is 0.352 e. The molecule has 1 N–H and O–H groups in total. The van der Waals surface area contributed by atoms with Gasteiger partial charge in [0.2, 0.25) is 5.91 Å². The Hall–Kier alpha value is -2.59.